The third-order valence-electron chi connectivity index (χ3n) is 1.83. The van der Waals surface area contributed by atoms with Gasteiger partial charge >= 0.3 is 5.97 Å². The molecule has 0 aliphatic carbocycles. The monoisotopic (exact) mass is 212 g/mol. The number of carboxylic acids is 1. The minimum absolute atomic E-state index is 0.0727. The van der Waals surface area contributed by atoms with Gasteiger partial charge in [-0.2, -0.15) is 0 Å². The van der Waals surface area contributed by atoms with E-state index in [0.29, 0.717) is 5.75 Å². The van der Waals surface area contributed by atoms with Gasteiger partial charge in [-0.05, 0) is 38.5 Å². The molecule has 0 aromatic heterocycles. The number of hydrogen-bond donors (Lipinski definition) is 1. The number of halogens is 1. The molecule has 0 aliphatic rings. The first-order chi connectivity index (χ1) is 6.91. The lowest BCUT2D eigenvalue weighted by molar-refractivity contribution is 0.0690. The summed E-state index contributed by atoms with van der Waals surface area (Å²) in [6.45, 7) is 5.15. The van der Waals surface area contributed by atoms with Gasteiger partial charge in [0.2, 0.25) is 0 Å². The van der Waals surface area contributed by atoms with Crippen LogP contribution < -0.4 is 4.74 Å². The highest BCUT2D eigenvalue weighted by atomic mass is 19.1. The van der Waals surface area contributed by atoms with Gasteiger partial charge in [-0.15, -0.1) is 0 Å². The third-order valence-corrected chi connectivity index (χ3v) is 1.83. The molecule has 1 aromatic carbocycles. The summed E-state index contributed by atoms with van der Waals surface area (Å²) in [7, 11) is 0. The molecular weight excluding hydrogens is 199 g/mol. The van der Waals surface area contributed by atoms with Crippen LogP contribution in [0.1, 0.15) is 29.8 Å². The molecule has 0 unspecified atom stereocenters. The quantitative estimate of drug-likeness (QED) is 0.837. The molecule has 3 nitrogen and oxygen atoms in total. The van der Waals surface area contributed by atoms with Crippen LogP contribution in [-0.4, -0.2) is 17.2 Å². The largest absolute Gasteiger partial charge is 0.491 e. The highest BCUT2D eigenvalue weighted by Gasteiger charge is 2.15. The van der Waals surface area contributed by atoms with Crippen LogP contribution in [0.5, 0.6) is 5.75 Å². The highest BCUT2D eigenvalue weighted by molar-refractivity contribution is 5.88. The maximum Gasteiger partial charge on any atom is 0.338 e. The number of aryl methyl sites for hydroxylation is 1. The third kappa shape index (κ3) is 2.68. The van der Waals surface area contributed by atoms with E-state index in [1.54, 1.807) is 0 Å². The molecule has 1 N–H and O–H groups in total. The van der Waals surface area contributed by atoms with Crippen molar-refractivity contribution >= 4 is 5.97 Å². The number of carbonyl (C=O) groups is 1. The zero-order valence-corrected chi connectivity index (χ0v) is 8.87. The molecule has 0 amide bonds. The Bertz CT molecular complexity index is 386. The lowest BCUT2D eigenvalue weighted by atomic mass is 10.1. The molecule has 0 saturated heterocycles. The molecule has 1 rings (SSSR count). The Balaban J connectivity index is 3.17. The smallest absolute Gasteiger partial charge is 0.338 e. The molecule has 0 bridgehead atoms. The zero-order valence-electron chi connectivity index (χ0n) is 8.87. The Morgan fingerprint density at radius 2 is 2.07 bits per heavy atom. The standard InChI is InChI=1S/C11H13FO3/c1-6(2)15-8-4-7(3)10(12)9(5-8)11(13)14/h4-6H,1-3H3,(H,13,14). The summed E-state index contributed by atoms with van der Waals surface area (Å²) in [6, 6.07) is 2.69. The van der Waals surface area contributed by atoms with Gasteiger partial charge in [0.05, 0.1) is 11.7 Å². The van der Waals surface area contributed by atoms with E-state index in [2.05, 4.69) is 0 Å². The van der Waals surface area contributed by atoms with Gasteiger partial charge in [0.1, 0.15) is 11.6 Å². The maximum absolute atomic E-state index is 13.3. The van der Waals surface area contributed by atoms with Crippen LogP contribution in [0.3, 0.4) is 0 Å². The second-order valence-electron chi connectivity index (χ2n) is 3.57. The molecule has 0 atom stereocenters. The van der Waals surface area contributed by atoms with E-state index in [0.717, 1.165) is 0 Å². The van der Waals surface area contributed by atoms with Crippen molar-refractivity contribution in [2.45, 2.75) is 26.9 Å². The molecule has 4 heteroatoms. The summed E-state index contributed by atoms with van der Waals surface area (Å²) in [5, 5.41) is 8.75. The molecule has 0 saturated carbocycles. The number of ether oxygens (including phenoxy) is 1. The van der Waals surface area contributed by atoms with Crippen molar-refractivity contribution in [3.63, 3.8) is 0 Å². The van der Waals surface area contributed by atoms with Gasteiger partial charge in [-0.25, -0.2) is 9.18 Å². The predicted molar refractivity (Wildman–Crippen MR) is 53.9 cm³/mol. The van der Waals surface area contributed by atoms with Crippen molar-refractivity contribution in [2.24, 2.45) is 0 Å². The number of aromatic carboxylic acids is 1. The van der Waals surface area contributed by atoms with Crippen LogP contribution in [0.25, 0.3) is 0 Å². The van der Waals surface area contributed by atoms with Crippen molar-refractivity contribution in [3.8, 4) is 5.75 Å². The molecule has 0 spiro atoms. The Morgan fingerprint density at radius 1 is 1.47 bits per heavy atom. The summed E-state index contributed by atoms with van der Waals surface area (Å²) in [4.78, 5) is 10.7. The fourth-order valence-electron chi connectivity index (χ4n) is 1.23. The Labute approximate surface area is 87.5 Å². The average molecular weight is 212 g/mol. The van der Waals surface area contributed by atoms with E-state index >= 15 is 0 Å². The minimum Gasteiger partial charge on any atom is -0.491 e. The SMILES string of the molecule is Cc1cc(OC(C)C)cc(C(=O)O)c1F. The number of hydrogen-bond acceptors (Lipinski definition) is 2. The van der Waals surface area contributed by atoms with Crippen LogP contribution in [0, 0.1) is 12.7 Å². The van der Waals surface area contributed by atoms with Gasteiger partial charge in [0.25, 0.3) is 0 Å². The van der Waals surface area contributed by atoms with Gasteiger partial charge in [-0.3, -0.25) is 0 Å². The van der Waals surface area contributed by atoms with Crippen molar-refractivity contribution in [2.75, 3.05) is 0 Å². The van der Waals surface area contributed by atoms with Gasteiger partial charge in [0, 0.05) is 0 Å². The summed E-state index contributed by atoms with van der Waals surface area (Å²) >= 11 is 0. The Kier molecular flexibility index (Phi) is 3.29. The normalized spacial score (nSPS) is 10.5. The summed E-state index contributed by atoms with van der Waals surface area (Å²) < 4.78 is 18.6. The van der Waals surface area contributed by atoms with Crippen molar-refractivity contribution in [1.29, 1.82) is 0 Å². The number of carboxylic acid groups (broad SMARTS) is 1. The zero-order chi connectivity index (χ0) is 11.6. The highest BCUT2D eigenvalue weighted by Crippen LogP contribution is 2.22. The topological polar surface area (TPSA) is 46.5 Å². The van der Waals surface area contributed by atoms with Crippen molar-refractivity contribution in [1.82, 2.24) is 0 Å². The second-order valence-corrected chi connectivity index (χ2v) is 3.57. The molecule has 0 aliphatic heterocycles. The predicted octanol–water partition coefficient (Wildman–Crippen LogP) is 2.62. The Morgan fingerprint density at radius 3 is 2.53 bits per heavy atom. The van der Waals surface area contributed by atoms with Crippen LogP contribution in [-0.2, 0) is 0 Å². The molecular formula is C11H13FO3. The lowest BCUT2D eigenvalue weighted by Gasteiger charge is -2.11. The Hall–Kier alpha value is -1.58. The first kappa shape index (κ1) is 11.5. The van der Waals surface area contributed by atoms with Crippen molar-refractivity contribution in [3.05, 3.63) is 29.1 Å². The van der Waals surface area contributed by atoms with Crippen LogP contribution in [0.4, 0.5) is 4.39 Å². The van der Waals surface area contributed by atoms with E-state index in [9.17, 15) is 9.18 Å². The molecule has 0 fully saturated rings. The summed E-state index contributed by atoms with van der Waals surface area (Å²) in [5.74, 6) is -1.62. The number of benzene rings is 1. The first-order valence-electron chi connectivity index (χ1n) is 4.62. The second kappa shape index (κ2) is 4.29. The maximum atomic E-state index is 13.3. The van der Waals surface area contributed by atoms with Gasteiger partial charge in [0.15, 0.2) is 0 Å². The van der Waals surface area contributed by atoms with Crippen LogP contribution in [0.15, 0.2) is 12.1 Å². The van der Waals surface area contributed by atoms with Crippen LogP contribution >= 0.6 is 0 Å². The fourth-order valence-corrected chi connectivity index (χ4v) is 1.23. The van der Waals surface area contributed by atoms with E-state index in [1.807, 2.05) is 13.8 Å². The molecule has 1 aromatic rings. The number of rotatable bonds is 3. The van der Waals surface area contributed by atoms with E-state index in [-0.39, 0.29) is 17.2 Å². The summed E-state index contributed by atoms with van der Waals surface area (Å²) in [5.41, 5.74) is -0.0869. The molecule has 0 heterocycles. The van der Waals surface area contributed by atoms with Crippen molar-refractivity contribution < 1.29 is 19.0 Å². The molecule has 0 radical (unpaired) electrons. The molecule has 15 heavy (non-hydrogen) atoms. The van der Waals surface area contributed by atoms with Crippen LogP contribution in [0.2, 0.25) is 0 Å². The minimum atomic E-state index is -1.29. The first-order valence-corrected chi connectivity index (χ1v) is 4.62. The fraction of sp³-hybridized carbons (Fsp3) is 0.364. The molecule has 82 valence electrons. The van der Waals surface area contributed by atoms with E-state index in [1.165, 1.54) is 19.1 Å². The van der Waals surface area contributed by atoms with E-state index in [4.69, 9.17) is 9.84 Å². The van der Waals surface area contributed by atoms with E-state index < -0.39 is 11.8 Å². The van der Waals surface area contributed by atoms with Gasteiger partial charge in [-0.1, -0.05) is 0 Å². The van der Waals surface area contributed by atoms with Gasteiger partial charge < -0.3 is 9.84 Å². The average Bonchev–Trinajstić information content (AvgIpc) is 2.09. The lowest BCUT2D eigenvalue weighted by Crippen LogP contribution is -2.08. The summed E-state index contributed by atoms with van der Waals surface area (Å²) in [6.07, 6.45) is -0.0727.